The Hall–Kier alpha value is -0.790. The van der Waals surface area contributed by atoms with Crippen LogP contribution < -0.4 is 0 Å². The molecule has 0 rings (SSSR count). The van der Waals surface area contributed by atoms with Gasteiger partial charge in [-0.2, -0.15) is 0 Å². The van der Waals surface area contributed by atoms with Gasteiger partial charge in [0.05, 0.1) is 6.61 Å². The molecule has 0 spiro atoms. The minimum Gasteiger partial charge on any atom is -0.466 e. The fourth-order valence-corrected chi connectivity index (χ4v) is 1.69. The summed E-state index contributed by atoms with van der Waals surface area (Å²) in [5.74, 6) is -0.0278. The number of carbonyl (C=O) groups is 1. The summed E-state index contributed by atoms with van der Waals surface area (Å²) >= 11 is 0. The molecule has 0 aromatic carbocycles. The number of ether oxygens (including phenoxy) is 1. The van der Waals surface area contributed by atoms with E-state index in [0.29, 0.717) is 13.0 Å². The quantitative estimate of drug-likeness (QED) is 0.299. The summed E-state index contributed by atoms with van der Waals surface area (Å²) in [6.45, 7) is 4.66. The van der Waals surface area contributed by atoms with Gasteiger partial charge >= 0.3 is 5.97 Å². The summed E-state index contributed by atoms with van der Waals surface area (Å²) in [5.41, 5.74) is 0. The molecule has 0 bridgehead atoms. The van der Waals surface area contributed by atoms with E-state index in [4.69, 9.17) is 4.74 Å². The van der Waals surface area contributed by atoms with Crippen molar-refractivity contribution >= 4 is 5.97 Å². The van der Waals surface area contributed by atoms with Crippen LogP contribution in [0, 0.1) is 0 Å². The molecule has 0 saturated carbocycles. The summed E-state index contributed by atoms with van der Waals surface area (Å²) in [6.07, 6.45) is 14.3. The number of carbonyl (C=O) groups excluding carboxylic acids is 1. The van der Waals surface area contributed by atoms with E-state index in [-0.39, 0.29) is 5.97 Å². The molecule has 0 aromatic heterocycles. The number of hydrogen-bond acceptors (Lipinski definition) is 2. The van der Waals surface area contributed by atoms with Crippen LogP contribution in [0.3, 0.4) is 0 Å². The lowest BCUT2D eigenvalue weighted by Gasteiger charge is -2.03. The van der Waals surface area contributed by atoms with Crippen molar-refractivity contribution in [1.29, 1.82) is 0 Å². The van der Waals surface area contributed by atoms with Gasteiger partial charge in [0.2, 0.25) is 0 Å². The second-order valence-electron chi connectivity index (χ2n) is 4.45. The largest absolute Gasteiger partial charge is 0.466 e. The number of allylic oxidation sites excluding steroid dienone is 2. The number of unbranched alkanes of at least 4 members (excludes halogenated alkanes) is 6. The Balaban J connectivity index is 3.10. The van der Waals surface area contributed by atoms with E-state index in [0.717, 1.165) is 19.3 Å². The van der Waals surface area contributed by atoms with E-state index in [2.05, 4.69) is 19.1 Å². The van der Waals surface area contributed by atoms with E-state index in [1.807, 2.05) is 6.92 Å². The molecule has 0 aliphatic carbocycles. The molecule has 0 saturated heterocycles. The Labute approximate surface area is 106 Å². The third-order valence-corrected chi connectivity index (χ3v) is 2.70. The third kappa shape index (κ3) is 13.1. The zero-order valence-electron chi connectivity index (χ0n) is 11.5. The Morgan fingerprint density at radius 1 is 1.06 bits per heavy atom. The Bertz CT molecular complexity index is 197. The van der Waals surface area contributed by atoms with E-state index >= 15 is 0 Å². The third-order valence-electron chi connectivity index (χ3n) is 2.70. The van der Waals surface area contributed by atoms with Crippen molar-refractivity contribution in [3.05, 3.63) is 12.2 Å². The lowest BCUT2D eigenvalue weighted by Crippen LogP contribution is -2.04. The summed E-state index contributed by atoms with van der Waals surface area (Å²) in [5, 5.41) is 0. The van der Waals surface area contributed by atoms with E-state index in [9.17, 15) is 4.79 Å². The monoisotopic (exact) mass is 240 g/mol. The highest BCUT2D eigenvalue weighted by molar-refractivity contribution is 5.69. The molecular formula is C15H28O2. The molecule has 100 valence electrons. The van der Waals surface area contributed by atoms with Gasteiger partial charge in [0.25, 0.3) is 0 Å². The molecule has 0 heterocycles. The van der Waals surface area contributed by atoms with Crippen LogP contribution in [0.25, 0.3) is 0 Å². The van der Waals surface area contributed by atoms with Crippen molar-refractivity contribution in [2.75, 3.05) is 6.61 Å². The predicted octanol–water partition coefficient (Wildman–Crippen LogP) is 4.64. The van der Waals surface area contributed by atoms with Crippen LogP contribution in [0.1, 0.15) is 71.6 Å². The van der Waals surface area contributed by atoms with Gasteiger partial charge < -0.3 is 4.74 Å². The standard InChI is InChI=1S/C15H28O2/c1-3-5-6-7-8-9-10-11-12-13-15(16)17-14-4-2/h3,5H,4,6-14H2,1-2H3/b5-3+. The second kappa shape index (κ2) is 13.3. The van der Waals surface area contributed by atoms with Crippen molar-refractivity contribution in [1.82, 2.24) is 0 Å². The van der Waals surface area contributed by atoms with Crippen LogP contribution >= 0.6 is 0 Å². The molecule has 0 unspecified atom stereocenters. The van der Waals surface area contributed by atoms with Gasteiger partial charge in [0, 0.05) is 6.42 Å². The molecule has 0 fully saturated rings. The zero-order chi connectivity index (χ0) is 12.8. The van der Waals surface area contributed by atoms with E-state index in [1.54, 1.807) is 0 Å². The second-order valence-corrected chi connectivity index (χ2v) is 4.45. The van der Waals surface area contributed by atoms with Crippen LogP contribution in [-0.4, -0.2) is 12.6 Å². The fourth-order valence-electron chi connectivity index (χ4n) is 1.69. The highest BCUT2D eigenvalue weighted by Gasteiger charge is 2.01. The average molecular weight is 240 g/mol. The molecule has 0 aliphatic heterocycles. The van der Waals surface area contributed by atoms with Gasteiger partial charge in [-0.1, -0.05) is 44.8 Å². The minimum absolute atomic E-state index is 0.0278. The van der Waals surface area contributed by atoms with Crippen molar-refractivity contribution in [2.45, 2.75) is 71.6 Å². The molecule has 0 aliphatic rings. The lowest BCUT2D eigenvalue weighted by atomic mass is 10.1. The fraction of sp³-hybridized carbons (Fsp3) is 0.800. The molecular weight excluding hydrogens is 212 g/mol. The van der Waals surface area contributed by atoms with Gasteiger partial charge in [-0.3, -0.25) is 4.79 Å². The average Bonchev–Trinajstić information content (AvgIpc) is 2.34. The topological polar surface area (TPSA) is 26.3 Å². The molecule has 2 heteroatoms. The summed E-state index contributed by atoms with van der Waals surface area (Å²) < 4.78 is 5.02. The zero-order valence-corrected chi connectivity index (χ0v) is 11.5. The molecule has 2 nitrogen and oxygen atoms in total. The van der Waals surface area contributed by atoms with Crippen molar-refractivity contribution in [2.24, 2.45) is 0 Å². The van der Waals surface area contributed by atoms with Gasteiger partial charge in [0.1, 0.15) is 0 Å². The number of rotatable bonds is 11. The molecule has 17 heavy (non-hydrogen) atoms. The van der Waals surface area contributed by atoms with E-state index in [1.165, 1.54) is 32.1 Å². The maximum Gasteiger partial charge on any atom is 0.305 e. The first-order valence-corrected chi connectivity index (χ1v) is 7.08. The van der Waals surface area contributed by atoms with Crippen molar-refractivity contribution in [3.8, 4) is 0 Å². The number of esters is 1. The Kier molecular flexibility index (Phi) is 12.7. The summed E-state index contributed by atoms with van der Waals surface area (Å²) in [4.78, 5) is 11.2. The van der Waals surface area contributed by atoms with Crippen LogP contribution in [0.2, 0.25) is 0 Å². The van der Waals surface area contributed by atoms with Gasteiger partial charge in [-0.05, 0) is 32.6 Å². The minimum atomic E-state index is -0.0278. The van der Waals surface area contributed by atoms with Crippen molar-refractivity contribution in [3.63, 3.8) is 0 Å². The van der Waals surface area contributed by atoms with Gasteiger partial charge in [-0.25, -0.2) is 0 Å². The van der Waals surface area contributed by atoms with Crippen LogP contribution in [0.15, 0.2) is 12.2 Å². The maximum atomic E-state index is 11.2. The first kappa shape index (κ1) is 16.2. The van der Waals surface area contributed by atoms with Crippen LogP contribution in [0.5, 0.6) is 0 Å². The predicted molar refractivity (Wildman–Crippen MR) is 73.0 cm³/mol. The molecule has 0 radical (unpaired) electrons. The number of hydrogen-bond donors (Lipinski definition) is 0. The van der Waals surface area contributed by atoms with Crippen LogP contribution in [0.4, 0.5) is 0 Å². The lowest BCUT2D eigenvalue weighted by molar-refractivity contribution is -0.143. The van der Waals surface area contributed by atoms with Gasteiger partial charge in [-0.15, -0.1) is 0 Å². The first-order chi connectivity index (χ1) is 8.31. The maximum absolute atomic E-state index is 11.2. The Morgan fingerprint density at radius 3 is 2.35 bits per heavy atom. The highest BCUT2D eigenvalue weighted by atomic mass is 16.5. The smallest absolute Gasteiger partial charge is 0.305 e. The van der Waals surface area contributed by atoms with E-state index < -0.39 is 0 Å². The normalized spacial score (nSPS) is 10.9. The highest BCUT2D eigenvalue weighted by Crippen LogP contribution is 2.09. The van der Waals surface area contributed by atoms with Gasteiger partial charge in [0.15, 0.2) is 0 Å². The molecule has 0 atom stereocenters. The SMILES string of the molecule is C/C=C/CCCCCCCCC(=O)OCCC. The van der Waals surface area contributed by atoms with Crippen LogP contribution in [-0.2, 0) is 9.53 Å². The molecule has 0 amide bonds. The first-order valence-electron chi connectivity index (χ1n) is 7.08. The Morgan fingerprint density at radius 2 is 1.71 bits per heavy atom. The molecule has 0 aromatic rings. The summed E-state index contributed by atoms with van der Waals surface area (Å²) in [6, 6.07) is 0. The molecule has 0 N–H and O–H groups in total. The van der Waals surface area contributed by atoms with Crippen molar-refractivity contribution < 1.29 is 9.53 Å². The summed E-state index contributed by atoms with van der Waals surface area (Å²) in [7, 11) is 0.